The number of ether oxygens (including phenoxy) is 2. The summed E-state index contributed by atoms with van der Waals surface area (Å²) in [5.41, 5.74) is 0.692. The lowest BCUT2D eigenvalue weighted by atomic mass is 9.94. The van der Waals surface area contributed by atoms with E-state index in [1.165, 1.54) is 0 Å². The van der Waals surface area contributed by atoms with Crippen molar-refractivity contribution in [3.05, 3.63) is 30.0 Å². The molecule has 2 aromatic rings. The number of fused-ring (bicyclic) bond motifs is 1. The van der Waals surface area contributed by atoms with Gasteiger partial charge in [0.1, 0.15) is 5.76 Å². The van der Waals surface area contributed by atoms with Crippen LogP contribution in [0.3, 0.4) is 0 Å². The van der Waals surface area contributed by atoms with Crippen LogP contribution in [0.1, 0.15) is 25.5 Å². The zero-order valence-electron chi connectivity index (χ0n) is 16.4. The Kier molecular flexibility index (Phi) is 5.39. The van der Waals surface area contributed by atoms with Gasteiger partial charge in [0.05, 0.1) is 6.04 Å². The summed E-state index contributed by atoms with van der Waals surface area (Å²) in [5, 5.41) is 9.50. The van der Waals surface area contributed by atoms with Gasteiger partial charge >= 0.3 is 0 Å². The lowest BCUT2D eigenvalue weighted by molar-refractivity contribution is -0.123. The molecular formula is C20H24N4O5. The van der Waals surface area contributed by atoms with E-state index in [1.54, 1.807) is 31.2 Å². The summed E-state index contributed by atoms with van der Waals surface area (Å²) in [4.78, 5) is 27.1. The number of carbonyl (C=O) groups excluding carboxylic acids is 2. The molecule has 0 spiro atoms. The summed E-state index contributed by atoms with van der Waals surface area (Å²) in [6.45, 7) is 5.17. The maximum absolute atomic E-state index is 12.6. The molecule has 1 atom stereocenters. The summed E-state index contributed by atoms with van der Waals surface area (Å²) >= 11 is 0. The Labute approximate surface area is 168 Å². The zero-order valence-corrected chi connectivity index (χ0v) is 16.4. The predicted octanol–water partition coefficient (Wildman–Crippen LogP) is 2.39. The quantitative estimate of drug-likeness (QED) is 0.794. The first-order valence-corrected chi connectivity index (χ1v) is 9.68. The molecule has 1 unspecified atom stereocenters. The van der Waals surface area contributed by atoms with Crippen molar-refractivity contribution in [3.8, 4) is 11.5 Å². The van der Waals surface area contributed by atoms with Crippen molar-refractivity contribution in [1.82, 2.24) is 10.1 Å². The zero-order chi connectivity index (χ0) is 20.4. The number of likely N-dealkylation sites (tertiary alicyclic amines) is 1. The highest BCUT2D eigenvalue weighted by Gasteiger charge is 2.30. The number of hydrogen-bond acceptors (Lipinski definition) is 7. The first-order chi connectivity index (χ1) is 14.0. The molecule has 0 bridgehead atoms. The number of anilines is 2. The first-order valence-electron chi connectivity index (χ1n) is 9.68. The fraction of sp³-hybridized carbons (Fsp3) is 0.450. The molecular weight excluding hydrogens is 376 g/mol. The van der Waals surface area contributed by atoms with Gasteiger partial charge in [0.2, 0.25) is 18.6 Å². The Balaban J connectivity index is 1.27. The van der Waals surface area contributed by atoms with Crippen LogP contribution < -0.4 is 20.1 Å². The topological polar surface area (TPSA) is 106 Å². The second-order valence-corrected chi connectivity index (χ2v) is 7.36. The number of amides is 2. The molecule has 2 aliphatic rings. The van der Waals surface area contributed by atoms with Gasteiger partial charge in [-0.2, -0.15) is 0 Å². The fourth-order valence-corrected chi connectivity index (χ4v) is 3.59. The van der Waals surface area contributed by atoms with Gasteiger partial charge in [0, 0.05) is 23.7 Å². The Morgan fingerprint density at radius 2 is 1.90 bits per heavy atom. The van der Waals surface area contributed by atoms with Gasteiger partial charge in [0.25, 0.3) is 0 Å². The molecule has 1 aromatic carbocycles. The summed E-state index contributed by atoms with van der Waals surface area (Å²) in [6.07, 6.45) is 1.38. The van der Waals surface area contributed by atoms with E-state index in [-0.39, 0.29) is 30.6 Å². The minimum Gasteiger partial charge on any atom is -0.454 e. The number of hydrogen-bond donors (Lipinski definition) is 2. The second-order valence-electron chi connectivity index (χ2n) is 7.36. The predicted molar refractivity (Wildman–Crippen MR) is 105 cm³/mol. The first kappa shape index (κ1) is 19.3. The van der Waals surface area contributed by atoms with Crippen LogP contribution in [-0.4, -0.2) is 47.8 Å². The SMILES string of the molecule is Cc1cc(NC(=O)C(C)N2CCC(C(=O)Nc3ccc4c(c3)OCO4)CC2)no1. The van der Waals surface area contributed by atoms with Gasteiger partial charge in [-0.15, -0.1) is 0 Å². The number of nitrogens with zero attached hydrogens (tertiary/aromatic N) is 2. The van der Waals surface area contributed by atoms with E-state index in [0.29, 0.717) is 54.7 Å². The van der Waals surface area contributed by atoms with Gasteiger partial charge in [-0.3, -0.25) is 14.5 Å². The average Bonchev–Trinajstić information content (AvgIpc) is 3.35. The molecule has 4 rings (SSSR count). The van der Waals surface area contributed by atoms with Gasteiger partial charge in [-0.1, -0.05) is 5.16 Å². The van der Waals surface area contributed by atoms with Gasteiger partial charge in [0.15, 0.2) is 17.3 Å². The molecule has 1 saturated heterocycles. The monoisotopic (exact) mass is 400 g/mol. The molecule has 2 N–H and O–H groups in total. The third-order valence-electron chi connectivity index (χ3n) is 5.35. The Bertz CT molecular complexity index is 904. The lowest BCUT2D eigenvalue weighted by Gasteiger charge is -2.34. The van der Waals surface area contributed by atoms with E-state index in [0.717, 1.165) is 0 Å². The molecule has 0 saturated carbocycles. The molecule has 0 radical (unpaired) electrons. The molecule has 9 nitrogen and oxygen atoms in total. The third-order valence-corrected chi connectivity index (χ3v) is 5.35. The molecule has 1 aromatic heterocycles. The maximum Gasteiger partial charge on any atom is 0.242 e. The molecule has 29 heavy (non-hydrogen) atoms. The van der Waals surface area contributed by atoms with Crippen LogP contribution in [0, 0.1) is 12.8 Å². The van der Waals surface area contributed by atoms with Crippen molar-refractivity contribution < 1.29 is 23.6 Å². The van der Waals surface area contributed by atoms with Crippen molar-refractivity contribution in [2.45, 2.75) is 32.7 Å². The summed E-state index contributed by atoms with van der Waals surface area (Å²) in [7, 11) is 0. The van der Waals surface area contributed by atoms with Crippen LogP contribution in [0.2, 0.25) is 0 Å². The standard InChI is InChI=1S/C20H24N4O5/c1-12-9-18(23-29-12)22-19(25)13(2)24-7-5-14(6-8-24)20(26)21-15-3-4-16-17(10-15)28-11-27-16/h3-4,9-10,13-14H,5-8,11H2,1-2H3,(H,21,26)(H,22,23,25). The highest BCUT2D eigenvalue weighted by atomic mass is 16.7. The highest BCUT2D eigenvalue weighted by Crippen LogP contribution is 2.34. The Morgan fingerprint density at radius 3 is 2.62 bits per heavy atom. The minimum atomic E-state index is -0.315. The number of aromatic nitrogens is 1. The number of aryl methyl sites for hydroxylation is 1. The lowest BCUT2D eigenvalue weighted by Crippen LogP contribution is -2.47. The number of carbonyl (C=O) groups is 2. The highest BCUT2D eigenvalue weighted by molar-refractivity contribution is 5.94. The Morgan fingerprint density at radius 1 is 1.14 bits per heavy atom. The number of nitrogens with one attached hydrogen (secondary N) is 2. The van der Waals surface area contributed by atoms with Crippen molar-refractivity contribution in [3.63, 3.8) is 0 Å². The average molecular weight is 400 g/mol. The molecule has 3 heterocycles. The van der Waals surface area contributed by atoms with Crippen LogP contribution in [0.5, 0.6) is 11.5 Å². The molecule has 9 heteroatoms. The summed E-state index contributed by atoms with van der Waals surface area (Å²) in [6, 6.07) is 6.73. The molecule has 2 amide bonds. The van der Waals surface area contributed by atoms with Gasteiger partial charge in [-0.05, 0) is 51.9 Å². The van der Waals surface area contributed by atoms with Crippen molar-refractivity contribution in [2.24, 2.45) is 5.92 Å². The van der Waals surface area contributed by atoms with Crippen LogP contribution in [0.15, 0.2) is 28.8 Å². The van der Waals surface area contributed by atoms with E-state index in [1.807, 2.05) is 6.92 Å². The van der Waals surface area contributed by atoms with E-state index >= 15 is 0 Å². The second kappa shape index (κ2) is 8.12. The maximum atomic E-state index is 12.6. The van der Waals surface area contributed by atoms with Crippen LogP contribution in [0.4, 0.5) is 11.5 Å². The van der Waals surface area contributed by atoms with E-state index < -0.39 is 0 Å². The van der Waals surface area contributed by atoms with Crippen molar-refractivity contribution in [1.29, 1.82) is 0 Å². The van der Waals surface area contributed by atoms with Crippen molar-refractivity contribution in [2.75, 3.05) is 30.5 Å². The summed E-state index contributed by atoms with van der Waals surface area (Å²) < 4.78 is 15.6. The minimum absolute atomic E-state index is 0.0151. The number of rotatable bonds is 5. The summed E-state index contributed by atoms with van der Waals surface area (Å²) in [5.74, 6) is 2.13. The normalized spacial score (nSPS) is 17.7. The van der Waals surface area contributed by atoms with Crippen molar-refractivity contribution >= 4 is 23.3 Å². The molecule has 1 fully saturated rings. The van der Waals surface area contributed by atoms with Gasteiger partial charge < -0.3 is 24.6 Å². The van der Waals surface area contributed by atoms with E-state index in [2.05, 4.69) is 20.7 Å². The van der Waals surface area contributed by atoms with Crippen LogP contribution in [0.25, 0.3) is 0 Å². The fourth-order valence-electron chi connectivity index (χ4n) is 3.59. The molecule has 2 aliphatic heterocycles. The van der Waals surface area contributed by atoms with Gasteiger partial charge in [-0.25, -0.2) is 0 Å². The van der Waals surface area contributed by atoms with E-state index in [4.69, 9.17) is 14.0 Å². The van der Waals surface area contributed by atoms with Crippen LogP contribution >= 0.6 is 0 Å². The number of piperidine rings is 1. The Hall–Kier alpha value is -3.07. The number of benzene rings is 1. The largest absolute Gasteiger partial charge is 0.454 e. The van der Waals surface area contributed by atoms with E-state index in [9.17, 15) is 9.59 Å². The molecule has 154 valence electrons. The van der Waals surface area contributed by atoms with Crippen LogP contribution in [-0.2, 0) is 9.59 Å². The molecule has 0 aliphatic carbocycles. The smallest absolute Gasteiger partial charge is 0.242 e. The third kappa shape index (κ3) is 4.34.